The van der Waals surface area contributed by atoms with E-state index in [-0.39, 0.29) is 17.9 Å². The summed E-state index contributed by atoms with van der Waals surface area (Å²) in [7, 11) is -2.33. The minimum Gasteiger partial charge on any atom is -0.497 e. The van der Waals surface area contributed by atoms with E-state index in [0.29, 0.717) is 18.6 Å². The molecule has 1 unspecified atom stereocenters. The van der Waals surface area contributed by atoms with Gasteiger partial charge in [0.2, 0.25) is 10.0 Å². The molecule has 7 heteroatoms. The third kappa shape index (κ3) is 2.51. The molecule has 1 fully saturated rings. The Balaban J connectivity index is 2.44. The van der Waals surface area contributed by atoms with Crippen molar-refractivity contribution in [1.82, 2.24) is 4.31 Å². The summed E-state index contributed by atoms with van der Waals surface area (Å²) >= 11 is 0. The number of methoxy groups -OCH3 is 1. The van der Waals surface area contributed by atoms with E-state index in [2.05, 4.69) is 0 Å². The molecule has 0 saturated carbocycles. The predicted octanol–water partition coefficient (Wildman–Crippen LogP) is 1.71. The van der Waals surface area contributed by atoms with Crippen molar-refractivity contribution in [3.05, 3.63) is 24.3 Å². The van der Waals surface area contributed by atoms with Gasteiger partial charge in [0, 0.05) is 6.54 Å². The Morgan fingerprint density at radius 1 is 1.38 bits per heavy atom. The van der Waals surface area contributed by atoms with E-state index < -0.39 is 21.5 Å². The average Bonchev–Trinajstić information content (AvgIpc) is 2.93. The van der Waals surface area contributed by atoms with Crippen LogP contribution in [0.5, 0.6) is 5.75 Å². The molecule has 0 aliphatic carbocycles. The number of carbonyl (C=O) groups is 1. The van der Waals surface area contributed by atoms with Gasteiger partial charge in [0.05, 0.1) is 12.0 Å². The molecule has 1 N–H and O–H groups in total. The first-order chi connectivity index (χ1) is 9.88. The molecule has 1 aliphatic heterocycles. The van der Waals surface area contributed by atoms with E-state index in [0.717, 1.165) is 4.31 Å². The van der Waals surface area contributed by atoms with Crippen molar-refractivity contribution in [2.75, 3.05) is 13.7 Å². The van der Waals surface area contributed by atoms with Gasteiger partial charge in [0.1, 0.15) is 11.3 Å². The van der Waals surface area contributed by atoms with Crippen LogP contribution in [0.25, 0.3) is 0 Å². The summed E-state index contributed by atoms with van der Waals surface area (Å²) < 4.78 is 31.6. The maximum atomic E-state index is 12.7. The second kappa shape index (κ2) is 5.65. The van der Waals surface area contributed by atoms with E-state index in [9.17, 15) is 18.3 Å². The first kappa shape index (κ1) is 15.8. The zero-order valence-electron chi connectivity index (χ0n) is 12.1. The smallest absolute Gasteiger partial charge is 0.325 e. The summed E-state index contributed by atoms with van der Waals surface area (Å²) in [5.74, 6) is -0.532. The number of ether oxygens (including phenoxy) is 1. The lowest BCUT2D eigenvalue weighted by molar-refractivity contribution is -0.147. The van der Waals surface area contributed by atoms with Crippen molar-refractivity contribution in [1.29, 1.82) is 0 Å². The van der Waals surface area contributed by atoms with Crippen LogP contribution in [0.2, 0.25) is 0 Å². The second-order valence-electron chi connectivity index (χ2n) is 5.05. The number of carboxylic acids is 1. The van der Waals surface area contributed by atoms with Crippen LogP contribution in [-0.2, 0) is 14.8 Å². The maximum Gasteiger partial charge on any atom is 0.325 e. The van der Waals surface area contributed by atoms with Crippen LogP contribution in [0.1, 0.15) is 26.2 Å². The van der Waals surface area contributed by atoms with Crippen LogP contribution in [0.4, 0.5) is 0 Å². The van der Waals surface area contributed by atoms with Gasteiger partial charge in [-0.3, -0.25) is 4.79 Å². The third-order valence-corrected chi connectivity index (χ3v) is 6.04. The fourth-order valence-electron chi connectivity index (χ4n) is 2.80. The zero-order chi connectivity index (χ0) is 15.7. The van der Waals surface area contributed by atoms with Gasteiger partial charge in [0.25, 0.3) is 0 Å². The van der Waals surface area contributed by atoms with Crippen molar-refractivity contribution < 1.29 is 23.1 Å². The lowest BCUT2D eigenvalue weighted by Gasteiger charge is -2.32. The van der Waals surface area contributed by atoms with Crippen LogP contribution in [0.3, 0.4) is 0 Å². The monoisotopic (exact) mass is 313 g/mol. The number of hydrogen-bond donors (Lipinski definition) is 1. The van der Waals surface area contributed by atoms with E-state index in [1.54, 1.807) is 19.1 Å². The Morgan fingerprint density at radius 2 is 2.00 bits per heavy atom. The summed E-state index contributed by atoms with van der Waals surface area (Å²) in [4.78, 5) is 11.7. The van der Waals surface area contributed by atoms with Crippen LogP contribution >= 0.6 is 0 Å². The molecule has 21 heavy (non-hydrogen) atoms. The molecule has 0 spiro atoms. The van der Waals surface area contributed by atoms with Gasteiger partial charge in [-0.15, -0.1) is 0 Å². The summed E-state index contributed by atoms with van der Waals surface area (Å²) in [5, 5.41) is 9.50. The average molecular weight is 313 g/mol. The zero-order valence-corrected chi connectivity index (χ0v) is 12.9. The van der Waals surface area contributed by atoms with Gasteiger partial charge < -0.3 is 9.84 Å². The molecule has 1 aromatic carbocycles. The highest BCUT2D eigenvalue weighted by atomic mass is 32.2. The molecule has 0 aromatic heterocycles. The van der Waals surface area contributed by atoms with Crippen LogP contribution < -0.4 is 4.74 Å². The Hall–Kier alpha value is -1.60. The van der Waals surface area contributed by atoms with E-state index in [4.69, 9.17) is 4.74 Å². The van der Waals surface area contributed by atoms with Crippen LogP contribution in [-0.4, -0.2) is 43.0 Å². The molecular formula is C14H19NO5S. The molecule has 0 radical (unpaired) electrons. The summed E-state index contributed by atoms with van der Waals surface area (Å²) in [6.07, 6.45) is 1.14. The highest BCUT2D eigenvalue weighted by Gasteiger charge is 2.51. The van der Waals surface area contributed by atoms with E-state index in [1.807, 2.05) is 0 Å². The Kier molecular flexibility index (Phi) is 4.25. The van der Waals surface area contributed by atoms with Crippen LogP contribution in [0, 0.1) is 0 Å². The molecule has 2 rings (SSSR count). The highest BCUT2D eigenvalue weighted by molar-refractivity contribution is 7.89. The fourth-order valence-corrected chi connectivity index (χ4v) is 4.66. The molecule has 0 bridgehead atoms. The Bertz CT molecular complexity index is 625. The maximum absolute atomic E-state index is 12.7. The number of carboxylic acid groups (broad SMARTS) is 1. The standard InChI is InChI=1S/C14H19NO5S/c1-3-14(13(16)17)9-4-10-15(14)21(18,19)12-7-5-11(20-2)6-8-12/h5-8H,3-4,9-10H2,1-2H3,(H,16,17). The van der Waals surface area contributed by atoms with Crippen molar-refractivity contribution in [2.45, 2.75) is 36.6 Å². The third-order valence-electron chi connectivity index (χ3n) is 4.06. The van der Waals surface area contributed by atoms with E-state index in [1.165, 1.54) is 19.2 Å². The molecule has 1 heterocycles. The largest absolute Gasteiger partial charge is 0.497 e. The SMILES string of the molecule is CCC1(C(=O)O)CCCN1S(=O)(=O)c1ccc(OC)cc1. The number of sulfonamides is 1. The van der Waals surface area contributed by atoms with Gasteiger partial charge in [-0.25, -0.2) is 8.42 Å². The van der Waals surface area contributed by atoms with Gasteiger partial charge in [-0.05, 0) is 43.5 Å². The van der Waals surface area contributed by atoms with Gasteiger partial charge in [0.15, 0.2) is 0 Å². The molecular weight excluding hydrogens is 294 g/mol. The first-order valence-electron chi connectivity index (χ1n) is 6.79. The Morgan fingerprint density at radius 3 is 2.48 bits per heavy atom. The molecule has 0 amide bonds. The lowest BCUT2D eigenvalue weighted by Crippen LogP contribution is -2.52. The molecule has 1 atom stereocenters. The molecule has 6 nitrogen and oxygen atoms in total. The van der Waals surface area contributed by atoms with Crippen molar-refractivity contribution in [3.63, 3.8) is 0 Å². The van der Waals surface area contributed by atoms with Crippen molar-refractivity contribution in [3.8, 4) is 5.75 Å². The first-order valence-corrected chi connectivity index (χ1v) is 8.23. The summed E-state index contributed by atoms with van der Waals surface area (Å²) in [6.45, 7) is 1.94. The molecule has 1 aliphatic rings. The molecule has 1 saturated heterocycles. The second-order valence-corrected chi connectivity index (χ2v) is 6.91. The lowest BCUT2D eigenvalue weighted by atomic mass is 9.95. The fraction of sp³-hybridized carbons (Fsp3) is 0.500. The number of benzene rings is 1. The summed E-state index contributed by atoms with van der Waals surface area (Å²) in [5.41, 5.74) is -1.33. The number of aliphatic carboxylic acids is 1. The highest BCUT2D eigenvalue weighted by Crippen LogP contribution is 2.37. The van der Waals surface area contributed by atoms with Gasteiger partial charge in [-0.1, -0.05) is 6.92 Å². The minimum absolute atomic E-state index is 0.0873. The van der Waals surface area contributed by atoms with Crippen molar-refractivity contribution >= 4 is 16.0 Å². The molecule has 1 aromatic rings. The van der Waals surface area contributed by atoms with Gasteiger partial charge in [-0.2, -0.15) is 4.31 Å². The normalized spacial score (nSPS) is 23.1. The van der Waals surface area contributed by atoms with Crippen molar-refractivity contribution in [2.24, 2.45) is 0 Å². The van der Waals surface area contributed by atoms with E-state index >= 15 is 0 Å². The quantitative estimate of drug-likeness (QED) is 0.894. The molecule has 116 valence electrons. The number of hydrogen-bond acceptors (Lipinski definition) is 4. The number of nitrogens with zero attached hydrogens (tertiary/aromatic N) is 1. The summed E-state index contributed by atoms with van der Waals surface area (Å²) in [6, 6.07) is 5.98. The topological polar surface area (TPSA) is 83.9 Å². The Labute approximate surface area is 124 Å². The number of rotatable bonds is 5. The van der Waals surface area contributed by atoms with Gasteiger partial charge >= 0.3 is 5.97 Å². The predicted molar refractivity (Wildman–Crippen MR) is 76.8 cm³/mol. The van der Waals surface area contributed by atoms with Crippen LogP contribution in [0.15, 0.2) is 29.2 Å². The minimum atomic E-state index is -3.83.